The second kappa shape index (κ2) is 4.10. The molecule has 4 nitrogen and oxygen atoms in total. The van der Waals surface area contributed by atoms with Crippen LogP contribution in [0.4, 0.5) is 0 Å². The second-order valence-electron chi connectivity index (χ2n) is 3.37. The highest BCUT2D eigenvalue weighted by molar-refractivity contribution is 5.96. The third kappa shape index (κ3) is 1.77. The van der Waals surface area contributed by atoms with Crippen LogP contribution in [0.1, 0.15) is 16.1 Å². The van der Waals surface area contributed by atoms with Crippen LogP contribution in [0.25, 0.3) is 11.1 Å². The molecule has 16 heavy (non-hydrogen) atoms. The smallest absolute Gasteiger partial charge is 0.336 e. The first kappa shape index (κ1) is 10.3. The number of carboxylic acid groups (broad SMARTS) is 1. The van der Waals surface area contributed by atoms with E-state index in [0.29, 0.717) is 5.56 Å². The molecule has 80 valence electrons. The van der Waals surface area contributed by atoms with Gasteiger partial charge >= 0.3 is 5.97 Å². The maximum atomic E-state index is 11.1. The van der Waals surface area contributed by atoms with E-state index in [9.17, 15) is 4.79 Å². The number of aryl methyl sites for hydroxylation is 1. The predicted molar refractivity (Wildman–Crippen MR) is 59.2 cm³/mol. The molecular weight excluding hydrogens is 204 g/mol. The third-order valence-corrected chi connectivity index (χ3v) is 2.36. The van der Waals surface area contributed by atoms with Gasteiger partial charge in [0.25, 0.3) is 0 Å². The first-order valence-electron chi connectivity index (χ1n) is 4.79. The molecule has 1 N–H and O–H groups in total. The van der Waals surface area contributed by atoms with E-state index in [4.69, 9.17) is 5.11 Å². The Kier molecular flexibility index (Phi) is 2.64. The Morgan fingerprint density at radius 1 is 1.25 bits per heavy atom. The van der Waals surface area contributed by atoms with E-state index in [1.54, 1.807) is 30.5 Å². The number of aromatic nitrogens is 2. The van der Waals surface area contributed by atoms with Crippen LogP contribution in [0.15, 0.2) is 36.8 Å². The summed E-state index contributed by atoms with van der Waals surface area (Å²) in [6.07, 6.45) is 3.08. The van der Waals surface area contributed by atoms with Crippen LogP contribution in [-0.4, -0.2) is 21.0 Å². The molecule has 0 saturated carbocycles. The summed E-state index contributed by atoms with van der Waals surface area (Å²) >= 11 is 0. The van der Waals surface area contributed by atoms with E-state index in [1.807, 2.05) is 6.92 Å². The zero-order valence-corrected chi connectivity index (χ0v) is 8.71. The molecule has 1 aromatic heterocycles. The molecule has 0 saturated heterocycles. The fourth-order valence-electron chi connectivity index (χ4n) is 1.56. The number of carbonyl (C=O) groups is 1. The third-order valence-electron chi connectivity index (χ3n) is 2.36. The van der Waals surface area contributed by atoms with Crippen LogP contribution in [-0.2, 0) is 0 Å². The summed E-state index contributed by atoms with van der Waals surface area (Å²) in [5.74, 6) is -0.946. The standard InChI is InChI=1S/C12H10N2O2/c1-8-11(6-13-7-14-8)9-4-2-3-5-10(9)12(15)16/h2-7H,1H3,(H,15,16). The number of aromatic carboxylic acids is 1. The molecule has 0 fully saturated rings. The predicted octanol–water partition coefficient (Wildman–Crippen LogP) is 2.15. The molecule has 0 radical (unpaired) electrons. The normalized spacial score (nSPS) is 10.1. The minimum atomic E-state index is -0.946. The number of rotatable bonds is 2. The quantitative estimate of drug-likeness (QED) is 0.831. The molecular formula is C12H10N2O2. The van der Waals surface area contributed by atoms with Gasteiger partial charge in [0.05, 0.1) is 5.56 Å². The number of carboxylic acids is 1. The summed E-state index contributed by atoms with van der Waals surface area (Å²) in [5.41, 5.74) is 2.43. The topological polar surface area (TPSA) is 63.1 Å². The molecule has 0 atom stereocenters. The summed E-state index contributed by atoms with van der Waals surface area (Å²) in [6.45, 7) is 1.83. The minimum Gasteiger partial charge on any atom is -0.478 e. The van der Waals surface area contributed by atoms with Gasteiger partial charge in [0, 0.05) is 17.5 Å². The lowest BCUT2D eigenvalue weighted by Crippen LogP contribution is -2.00. The number of hydrogen-bond donors (Lipinski definition) is 1. The Balaban J connectivity index is 2.65. The SMILES string of the molecule is Cc1ncncc1-c1ccccc1C(=O)O. The minimum absolute atomic E-state index is 0.264. The molecule has 2 rings (SSSR count). The van der Waals surface area contributed by atoms with Crippen molar-refractivity contribution in [1.29, 1.82) is 0 Å². The van der Waals surface area contributed by atoms with Crippen molar-refractivity contribution in [2.45, 2.75) is 6.92 Å². The molecule has 0 bridgehead atoms. The van der Waals surface area contributed by atoms with E-state index < -0.39 is 5.97 Å². The summed E-state index contributed by atoms with van der Waals surface area (Å²) < 4.78 is 0. The number of nitrogens with zero attached hydrogens (tertiary/aromatic N) is 2. The Bertz CT molecular complexity index is 538. The fraction of sp³-hybridized carbons (Fsp3) is 0.0833. The first-order chi connectivity index (χ1) is 7.70. The molecule has 0 unspecified atom stereocenters. The zero-order chi connectivity index (χ0) is 11.5. The van der Waals surface area contributed by atoms with Gasteiger partial charge in [0.2, 0.25) is 0 Å². The number of hydrogen-bond acceptors (Lipinski definition) is 3. The molecule has 0 aliphatic heterocycles. The monoisotopic (exact) mass is 214 g/mol. The Labute approximate surface area is 92.6 Å². The molecule has 4 heteroatoms. The molecule has 0 amide bonds. The van der Waals surface area contributed by atoms with Crippen LogP contribution in [0.5, 0.6) is 0 Å². The second-order valence-corrected chi connectivity index (χ2v) is 3.37. The van der Waals surface area contributed by atoms with Crippen LogP contribution in [0.2, 0.25) is 0 Å². The highest BCUT2D eigenvalue weighted by Gasteiger charge is 2.12. The molecule has 0 aliphatic carbocycles. The Hall–Kier alpha value is -2.23. The van der Waals surface area contributed by atoms with Crippen molar-refractivity contribution in [3.05, 3.63) is 48.0 Å². The fourth-order valence-corrected chi connectivity index (χ4v) is 1.56. The van der Waals surface area contributed by atoms with Crippen LogP contribution in [0.3, 0.4) is 0 Å². The maximum absolute atomic E-state index is 11.1. The van der Waals surface area contributed by atoms with Crippen LogP contribution in [0, 0.1) is 6.92 Å². The number of benzene rings is 1. The highest BCUT2D eigenvalue weighted by atomic mass is 16.4. The van der Waals surface area contributed by atoms with Gasteiger partial charge in [-0.05, 0) is 18.6 Å². The Morgan fingerprint density at radius 2 is 2.00 bits per heavy atom. The van der Waals surface area contributed by atoms with Gasteiger partial charge in [-0.3, -0.25) is 0 Å². The molecule has 1 heterocycles. The molecule has 0 aliphatic rings. The van der Waals surface area contributed by atoms with E-state index in [1.165, 1.54) is 6.33 Å². The van der Waals surface area contributed by atoms with E-state index in [-0.39, 0.29) is 5.56 Å². The van der Waals surface area contributed by atoms with E-state index in [0.717, 1.165) is 11.3 Å². The van der Waals surface area contributed by atoms with Crippen molar-refractivity contribution in [2.75, 3.05) is 0 Å². The van der Waals surface area contributed by atoms with Gasteiger partial charge < -0.3 is 5.11 Å². The summed E-state index contributed by atoms with van der Waals surface area (Å²) in [6, 6.07) is 6.83. The first-order valence-corrected chi connectivity index (χ1v) is 4.79. The van der Waals surface area contributed by atoms with Gasteiger partial charge in [-0.15, -0.1) is 0 Å². The van der Waals surface area contributed by atoms with Crippen molar-refractivity contribution in [1.82, 2.24) is 9.97 Å². The summed E-state index contributed by atoms with van der Waals surface area (Å²) in [5, 5.41) is 9.08. The summed E-state index contributed by atoms with van der Waals surface area (Å²) in [4.78, 5) is 19.0. The lowest BCUT2D eigenvalue weighted by molar-refractivity contribution is 0.0698. The lowest BCUT2D eigenvalue weighted by atomic mass is 10.0. The van der Waals surface area contributed by atoms with Crippen molar-refractivity contribution >= 4 is 5.97 Å². The van der Waals surface area contributed by atoms with Crippen molar-refractivity contribution < 1.29 is 9.90 Å². The molecule has 1 aromatic carbocycles. The average molecular weight is 214 g/mol. The van der Waals surface area contributed by atoms with Crippen molar-refractivity contribution in [2.24, 2.45) is 0 Å². The molecule has 0 spiro atoms. The lowest BCUT2D eigenvalue weighted by Gasteiger charge is -2.07. The largest absolute Gasteiger partial charge is 0.478 e. The van der Waals surface area contributed by atoms with Gasteiger partial charge in [0.1, 0.15) is 6.33 Å². The maximum Gasteiger partial charge on any atom is 0.336 e. The van der Waals surface area contributed by atoms with Crippen molar-refractivity contribution in [3.63, 3.8) is 0 Å². The Morgan fingerprint density at radius 3 is 2.69 bits per heavy atom. The van der Waals surface area contributed by atoms with E-state index in [2.05, 4.69) is 9.97 Å². The van der Waals surface area contributed by atoms with Gasteiger partial charge in [0.15, 0.2) is 0 Å². The van der Waals surface area contributed by atoms with Crippen LogP contribution >= 0.6 is 0 Å². The van der Waals surface area contributed by atoms with E-state index >= 15 is 0 Å². The summed E-state index contributed by atoms with van der Waals surface area (Å²) in [7, 11) is 0. The average Bonchev–Trinajstić information content (AvgIpc) is 2.29. The van der Waals surface area contributed by atoms with Crippen LogP contribution < -0.4 is 0 Å². The van der Waals surface area contributed by atoms with Crippen molar-refractivity contribution in [3.8, 4) is 11.1 Å². The highest BCUT2D eigenvalue weighted by Crippen LogP contribution is 2.24. The molecule has 2 aromatic rings. The van der Waals surface area contributed by atoms with Gasteiger partial charge in [-0.1, -0.05) is 18.2 Å². The zero-order valence-electron chi connectivity index (χ0n) is 8.71. The van der Waals surface area contributed by atoms with Gasteiger partial charge in [-0.2, -0.15) is 0 Å². The van der Waals surface area contributed by atoms with Gasteiger partial charge in [-0.25, -0.2) is 14.8 Å².